The number of hydrogen-bond acceptors (Lipinski definition) is 3. The first-order valence-corrected chi connectivity index (χ1v) is 9.45. The minimum atomic E-state index is -0.885. The molecule has 1 atom stereocenters. The molecule has 3 rings (SSSR count). The molecule has 0 aliphatic heterocycles. The molecule has 0 saturated heterocycles. The van der Waals surface area contributed by atoms with Crippen molar-refractivity contribution in [3.8, 4) is 0 Å². The highest BCUT2D eigenvalue weighted by Gasteiger charge is 2.12. The Bertz CT molecular complexity index is 942. The van der Waals surface area contributed by atoms with E-state index in [2.05, 4.69) is 10.3 Å². The third-order valence-electron chi connectivity index (χ3n) is 3.81. The molecule has 3 aromatic rings. The summed E-state index contributed by atoms with van der Waals surface area (Å²) in [6.07, 6.45) is 4.77. The topological polar surface area (TPSA) is 59.1 Å². The van der Waals surface area contributed by atoms with Crippen LogP contribution in [0, 0.1) is 5.82 Å². The summed E-state index contributed by atoms with van der Waals surface area (Å²) in [5.41, 5.74) is 2.19. The zero-order valence-electron chi connectivity index (χ0n) is 13.7. The van der Waals surface area contributed by atoms with Gasteiger partial charge in [0.2, 0.25) is 0 Å². The number of nitrogens with zero attached hydrogens (tertiary/aromatic N) is 1. The number of nitrogens with one attached hydrogen (secondary N) is 1. The first-order chi connectivity index (χ1) is 12.0. The van der Waals surface area contributed by atoms with Crippen LogP contribution in [-0.4, -0.2) is 21.4 Å². The molecule has 0 saturated carbocycles. The maximum Gasteiger partial charge on any atom is 0.252 e. The van der Waals surface area contributed by atoms with E-state index in [1.807, 2.05) is 24.3 Å². The normalized spacial score (nSPS) is 12.1. The lowest BCUT2D eigenvalue weighted by Gasteiger charge is -2.09. The van der Waals surface area contributed by atoms with Crippen molar-refractivity contribution in [3.63, 3.8) is 0 Å². The highest BCUT2D eigenvalue weighted by Crippen LogP contribution is 2.19. The first kappa shape index (κ1) is 17.2. The van der Waals surface area contributed by atoms with Gasteiger partial charge in [0.1, 0.15) is 5.82 Å². The zero-order valence-corrected chi connectivity index (χ0v) is 14.5. The van der Waals surface area contributed by atoms with Crippen LogP contribution in [0.3, 0.4) is 0 Å². The van der Waals surface area contributed by atoms with Gasteiger partial charge in [0.15, 0.2) is 0 Å². The smallest absolute Gasteiger partial charge is 0.252 e. The lowest BCUT2D eigenvalue weighted by molar-refractivity contribution is 0.0952. The number of rotatable bonds is 5. The van der Waals surface area contributed by atoms with Crippen molar-refractivity contribution < 1.29 is 13.4 Å². The predicted octanol–water partition coefficient (Wildman–Crippen LogP) is 3.18. The summed E-state index contributed by atoms with van der Waals surface area (Å²) >= 11 is 0. The van der Waals surface area contributed by atoms with Gasteiger partial charge in [0.05, 0.1) is 5.56 Å². The van der Waals surface area contributed by atoms with Gasteiger partial charge in [-0.3, -0.25) is 14.0 Å². The molecule has 0 aliphatic rings. The first-order valence-electron chi connectivity index (χ1n) is 7.72. The van der Waals surface area contributed by atoms with Gasteiger partial charge in [-0.15, -0.1) is 0 Å². The van der Waals surface area contributed by atoms with E-state index in [1.165, 1.54) is 18.3 Å². The van der Waals surface area contributed by atoms with Gasteiger partial charge in [0.25, 0.3) is 5.91 Å². The molecule has 1 unspecified atom stereocenters. The quantitative estimate of drug-likeness (QED) is 0.764. The van der Waals surface area contributed by atoms with Crippen LogP contribution in [-0.2, 0) is 23.1 Å². The number of pyridine rings is 1. The molecular weight excluding hydrogens is 339 g/mol. The summed E-state index contributed by atoms with van der Waals surface area (Å²) in [5.74, 6) is -0.298. The van der Waals surface area contributed by atoms with Gasteiger partial charge in [0, 0.05) is 47.1 Å². The Hall–Kier alpha value is -2.60. The van der Waals surface area contributed by atoms with Crippen molar-refractivity contribution in [2.24, 2.45) is 0 Å². The predicted molar refractivity (Wildman–Crippen MR) is 97.1 cm³/mol. The van der Waals surface area contributed by atoms with Crippen molar-refractivity contribution in [1.29, 1.82) is 0 Å². The largest absolute Gasteiger partial charge is 0.348 e. The Labute approximate surface area is 147 Å². The van der Waals surface area contributed by atoms with E-state index in [4.69, 9.17) is 0 Å². The minimum Gasteiger partial charge on any atom is -0.348 e. The average Bonchev–Trinajstić information content (AvgIpc) is 2.59. The van der Waals surface area contributed by atoms with E-state index in [0.717, 1.165) is 11.1 Å². The van der Waals surface area contributed by atoms with Gasteiger partial charge in [-0.05, 0) is 34.7 Å². The maximum absolute atomic E-state index is 13.7. The zero-order chi connectivity index (χ0) is 17.8. The number of carbonyl (C=O) groups excluding carboxylic acids is 1. The Balaban J connectivity index is 1.74. The molecule has 6 heteroatoms. The average molecular weight is 356 g/mol. The standard InChI is InChI=1S/C19H17FN2O2S/c1-25(24)12-14-4-2-13(3-5-14)10-22-19(23)18-9-16(20)8-15-11-21-7-6-17(15)18/h2-9,11H,10,12H2,1H3,(H,22,23). The Kier molecular flexibility index (Phi) is 5.19. The third kappa shape index (κ3) is 4.28. The van der Waals surface area contributed by atoms with E-state index >= 15 is 0 Å². The van der Waals surface area contributed by atoms with Gasteiger partial charge < -0.3 is 5.32 Å². The molecule has 0 fully saturated rings. The third-order valence-corrected chi connectivity index (χ3v) is 4.55. The minimum absolute atomic E-state index is 0.287. The summed E-state index contributed by atoms with van der Waals surface area (Å²) in [7, 11) is -0.885. The summed E-state index contributed by atoms with van der Waals surface area (Å²) in [6, 6.07) is 11.8. The van der Waals surface area contributed by atoms with Crippen LogP contribution >= 0.6 is 0 Å². The summed E-state index contributed by atoms with van der Waals surface area (Å²) < 4.78 is 25.0. The van der Waals surface area contributed by atoms with Gasteiger partial charge in [-0.1, -0.05) is 24.3 Å². The van der Waals surface area contributed by atoms with Crippen molar-refractivity contribution >= 4 is 27.5 Å². The second-order valence-electron chi connectivity index (χ2n) is 5.77. The molecule has 1 heterocycles. The van der Waals surface area contributed by atoms with Gasteiger partial charge >= 0.3 is 0 Å². The molecular formula is C19H17FN2O2S. The number of aromatic nitrogens is 1. The Morgan fingerprint density at radius 1 is 1.16 bits per heavy atom. The van der Waals surface area contributed by atoms with Crippen LogP contribution in [0.5, 0.6) is 0 Å². The summed E-state index contributed by atoms with van der Waals surface area (Å²) in [6.45, 7) is 0.331. The molecule has 1 N–H and O–H groups in total. The molecule has 25 heavy (non-hydrogen) atoms. The van der Waals surface area contributed by atoms with E-state index < -0.39 is 16.6 Å². The van der Waals surface area contributed by atoms with E-state index in [1.54, 1.807) is 18.5 Å². The fourth-order valence-corrected chi connectivity index (χ4v) is 3.29. The molecule has 1 aromatic heterocycles. The molecule has 0 bridgehead atoms. The van der Waals surface area contributed by atoms with E-state index in [-0.39, 0.29) is 11.5 Å². The van der Waals surface area contributed by atoms with Crippen molar-refractivity contribution in [3.05, 3.63) is 77.4 Å². The van der Waals surface area contributed by atoms with Crippen LogP contribution in [0.2, 0.25) is 0 Å². The maximum atomic E-state index is 13.7. The fraction of sp³-hybridized carbons (Fsp3) is 0.158. The van der Waals surface area contributed by atoms with E-state index in [9.17, 15) is 13.4 Å². The highest BCUT2D eigenvalue weighted by atomic mass is 32.2. The van der Waals surface area contributed by atoms with Crippen LogP contribution in [0.1, 0.15) is 21.5 Å². The summed E-state index contributed by atoms with van der Waals surface area (Å²) in [5, 5.41) is 4.06. The molecule has 0 aliphatic carbocycles. The van der Waals surface area contributed by atoms with Crippen LogP contribution < -0.4 is 5.32 Å². The fourth-order valence-electron chi connectivity index (χ4n) is 2.63. The number of hydrogen-bond donors (Lipinski definition) is 1. The molecule has 1 amide bonds. The van der Waals surface area contributed by atoms with Gasteiger partial charge in [-0.2, -0.15) is 0 Å². The number of amides is 1. The molecule has 128 valence electrons. The molecule has 0 spiro atoms. The molecule has 4 nitrogen and oxygen atoms in total. The SMILES string of the molecule is CS(=O)Cc1ccc(CNC(=O)c2cc(F)cc3cnccc23)cc1. The van der Waals surface area contributed by atoms with Crippen LogP contribution in [0.25, 0.3) is 10.8 Å². The van der Waals surface area contributed by atoms with E-state index in [0.29, 0.717) is 23.1 Å². The Morgan fingerprint density at radius 2 is 1.88 bits per heavy atom. The van der Waals surface area contributed by atoms with Crippen molar-refractivity contribution in [2.75, 3.05) is 6.26 Å². The number of benzene rings is 2. The highest BCUT2D eigenvalue weighted by molar-refractivity contribution is 7.83. The van der Waals surface area contributed by atoms with Crippen molar-refractivity contribution in [1.82, 2.24) is 10.3 Å². The number of fused-ring (bicyclic) bond motifs is 1. The van der Waals surface area contributed by atoms with Crippen molar-refractivity contribution in [2.45, 2.75) is 12.3 Å². The van der Waals surface area contributed by atoms with Crippen LogP contribution in [0.15, 0.2) is 54.9 Å². The lowest BCUT2D eigenvalue weighted by Crippen LogP contribution is -2.23. The second kappa shape index (κ2) is 7.53. The molecule has 2 aromatic carbocycles. The molecule has 0 radical (unpaired) electrons. The number of halogens is 1. The van der Waals surface area contributed by atoms with Crippen LogP contribution in [0.4, 0.5) is 4.39 Å². The second-order valence-corrected chi connectivity index (χ2v) is 7.20. The lowest BCUT2D eigenvalue weighted by atomic mass is 10.1. The summed E-state index contributed by atoms with van der Waals surface area (Å²) in [4.78, 5) is 16.4. The Morgan fingerprint density at radius 3 is 2.60 bits per heavy atom. The van der Waals surface area contributed by atoms with Gasteiger partial charge in [-0.25, -0.2) is 4.39 Å². The monoisotopic (exact) mass is 356 g/mol. The number of carbonyl (C=O) groups is 1.